The Kier molecular flexibility index (Phi) is 5.87. The highest BCUT2D eigenvalue weighted by Gasteiger charge is 2.15. The Labute approximate surface area is 142 Å². The van der Waals surface area contributed by atoms with E-state index < -0.39 is 16.9 Å². The minimum Gasteiger partial charge on any atom is -0.444 e. The number of anilines is 1. The molecule has 2 rings (SSSR count). The third kappa shape index (κ3) is 4.49. The van der Waals surface area contributed by atoms with Crippen LogP contribution in [0.4, 0.5) is 10.6 Å². The zero-order valence-corrected chi connectivity index (χ0v) is 14.5. The van der Waals surface area contributed by atoms with Gasteiger partial charge in [-0.05, 0) is 21.5 Å². The van der Waals surface area contributed by atoms with Gasteiger partial charge in [-0.2, -0.15) is 0 Å². The summed E-state index contributed by atoms with van der Waals surface area (Å²) in [6, 6.07) is 9.24. The van der Waals surface area contributed by atoms with Gasteiger partial charge in [0.2, 0.25) is 5.16 Å². The van der Waals surface area contributed by atoms with Crippen molar-refractivity contribution in [2.75, 3.05) is 11.6 Å². The van der Waals surface area contributed by atoms with E-state index in [4.69, 9.17) is 16.3 Å². The Hall–Kier alpha value is -1.51. The van der Waals surface area contributed by atoms with E-state index in [1.165, 1.54) is 6.26 Å². The van der Waals surface area contributed by atoms with Crippen LogP contribution >= 0.6 is 27.5 Å². The highest BCUT2D eigenvalue weighted by atomic mass is 79.9. The van der Waals surface area contributed by atoms with Gasteiger partial charge in [-0.3, -0.25) is 9.53 Å². The van der Waals surface area contributed by atoms with E-state index in [0.717, 1.165) is 5.56 Å². The van der Waals surface area contributed by atoms with Crippen molar-refractivity contribution in [1.82, 2.24) is 9.97 Å². The molecule has 1 atom stereocenters. The lowest BCUT2D eigenvalue weighted by molar-refractivity contribution is 0.155. The minimum absolute atomic E-state index is 0.0200. The molecule has 2 aromatic rings. The van der Waals surface area contributed by atoms with Crippen LogP contribution in [0.5, 0.6) is 0 Å². The second kappa shape index (κ2) is 7.66. The van der Waals surface area contributed by atoms with Gasteiger partial charge in [0.25, 0.3) is 0 Å². The molecule has 1 amide bonds. The molecule has 1 N–H and O–H groups in total. The first-order valence-corrected chi connectivity index (χ1v) is 8.74. The van der Waals surface area contributed by atoms with Crippen molar-refractivity contribution in [1.29, 1.82) is 0 Å². The molecule has 1 unspecified atom stereocenters. The van der Waals surface area contributed by atoms with Crippen LogP contribution in [0.2, 0.25) is 5.15 Å². The number of carbonyl (C=O) groups is 1. The number of ether oxygens (including phenoxy) is 1. The van der Waals surface area contributed by atoms with E-state index >= 15 is 0 Å². The fraction of sp³-hybridized carbons (Fsp3) is 0.154. The standard InChI is InChI=1S/C13H11BrClN3O3S/c1-22(20)12-16-10(15)9(14)11(17-12)18-13(19)21-7-8-5-3-2-4-6-8/h2-6H,7H2,1H3,(H,16,17,18,19). The SMILES string of the molecule is CS(=O)c1nc(Cl)c(Br)c(NC(=O)OCc2ccccc2)n1. The largest absolute Gasteiger partial charge is 0.444 e. The molecule has 9 heteroatoms. The van der Waals surface area contributed by atoms with Crippen LogP contribution in [0.1, 0.15) is 5.56 Å². The lowest BCUT2D eigenvalue weighted by Crippen LogP contribution is -2.16. The molecule has 0 saturated carbocycles. The third-order valence-corrected chi connectivity index (χ3v) is 4.43. The predicted molar refractivity (Wildman–Crippen MR) is 87.3 cm³/mol. The molecule has 22 heavy (non-hydrogen) atoms. The monoisotopic (exact) mass is 403 g/mol. The maximum Gasteiger partial charge on any atom is 0.413 e. The van der Waals surface area contributed by atoms with Crippen LogP contribution in [-0.4, -0.2) is 26.5 Å². The van der Waals surface area contributed by atoms with Gasteiger partial charge in [-0.15, -0.1) is 0 Å². The molecule has 0 saturated heterocycles. The molecule has 0 aliphatic carbocycles. The smallest absolute Gasteiger partial charge is 0.413 e. The molecular weight excluding hydrogens is 394 g/mol. The molecule has 116 valence electrons. The molecule has 0 radical (unpaired) electrons. The maximum absolute atomic E-state index is 11.8. The van der Waals surface area contributed by atoms with Gasteiger partial charge in [0.1, 0.15) is 11.8 Å². The molecule has 0 fully saturated rings. The summed E-state index contributed by atoms with van der Waals surface area (Å²) < 4.78 is 16.8. The minimum atomic E-state index is -1.43. The summed E-state index contributed by atoms with van der Waals surface area (Å²) in [5, 5.41) is 2.51. The number of carbonyl (C=O) groups excluding carboxylic acids is 1. The van der Waals surface area contributed by atoms with Crippen LogP contribution in [0.15, 0.2) is 40.0 Å². The van der Waals surface area contributed by atoms with Gasteiger partial charge in [0, 0.05) is 6.26 Å². The van der Waals surface area contributed by atoms with E-state index in [1.54, 1.807) is 0 Å². The highest BCUT2D eigenvalue weighted by Crippen LogP contribution is 2.28. The fourth-order valence-electron chi connectivity index (χ4n) is 1.47. The van der Waals surface area contributed by atoms with Crippen LogP contribution < -0.4 is 5.32 Å². The second-order valence-corrected chi connectivity index (χ2v) is 6.52. The summed E-state index contributed by atoms with van der Waals surface area (Å²) >= 11 is 9.06. The summed E-state index contributed by atoms with van der Waals surface area (Å²) in [6.07, 6.45) is 0.712. The normalized spacial score (nSPS) is 11.8. The summed E-state index contributed by atoms with van der Waals surface area (Å²) in [4.78, 5) is 19.6. The quantitative estimate of drug-likeness (QED) is 0.624. The Morgan fingerprint density at radius 3 is 2.68 bits per heavy atom. The molecule has 0 aliphatic heterocycles. The third-order valence-electron chi connectivity index (χ3n) is 2.48. The Balaban J connectivity index is 2.06. The van der Waals surface area contributed by atoms with Crippen molar-refractivity contribution in [3.05, 3.63) is 45.5 Å². The molecule has 6 nitrogen and oxygen atoms in total. The van der Waals surface area contributed by atoms with Crippen molar-refractivity contribution in [2.24, 2.45) is 0 Å². The zero-order chi connectivity index (χ0) is 16.1. The van der Waals surface area contributed by atoms with E-state index in [1.807, 2.05) is 30.3 Å². The van der Waals surface area contributed by atoms with Crippen LogP contribution in [-0.2, 0) is 22.1 Å². The number of rotatable bonds is 4. The average molecular weight is 405 g/mol. The first-order chi connectivity index (χ1) is 10.5. The summed E-state index contributed by atoms with van der Waals surface area (Å²) in [6.45, 7) is 0.121. The number of hydrogen-bond donors (Lipinski definition) is 1. The van der Waals surface area contributed by atoms with Gasteiger partial charge >= 0.3 is 6.09 Å². The van der Waals surface area contributed by atoms with Gasteiger partial charge in [0.15, 0.2) is 5.82 Å². The summed E-state index contributed by atoms with van der Waals surface area (Å²) in [5.41, 5.74) is 0.854. The first kappa shape index (κ1) is 16.9. The molecule has 0 spiro atoms. The molecule has 1 aromatic heterocycles. The Morgan fingerprint density at radius 1 is 1.36 bits per heavy atom. The van der Waals surface area contributed by atoms with Crippen molar-refractivity contribution >= 4 is 50.2 Å². The number of hydrogen-bond acceptors (Lipinski definition) is 5. The zero-order valence-electron chi connectivity index (χ0n) is 11.4. The lowest BCUT2D eigenvalue weighted by Gasteiger charge is -2.09. The predicted octanol–water partition coefficient (Wildman–Crippen LogP) is 3.38. The number of aromatic nitrogens is 2. The van der Waals surface area contributed by atoms with Crippen molar-refractivity contribution < 1.29 is 13.7 Å². The van der Waals surface area contributed by atoms with Gasteiger partial charge in [-0.25, -0.2) is 14.8 Å². The van der Waals surface area contributed by atoms with Crippen molar-refractivity contribution in [3.63, 3.8) is 0 Å². The molecule has 0 bridgehead atoms. The number of nitrogens with one attached hydrogen (secondary N) is 1. The van der Waals surface area contributed by atoms with Crippen LogP contribution in [0.25, 0.3) is 0 Å². The lowest BCUT2D eigenvalue weighted by atomic mass is 10.2. The molecule has 1 heterocycles. The molecule has 1 aromatic carbocycles. The van der Waals surface area contributed by atoms with E-state index in [0.29, 0.717) is 4.47 Å². The fourth-order valence-corrected chi connectivity index (χ4v) is 2.40. The average Bonchev–Trinajstić information content (AvgIpc) is 2.50. The van der Waals surface area contributed by atoms with Gasteiger partial charge in [0.05, 0.1) is 15.3 Å². The summed E-state index contributed by atoms with van der Waals surface area (Å²) in [7, 11) is -1.43. The van der Waals surface area contributed by atoms with E-state index in [-0.39, 0.29) is 22.7 Å². The van der Waals surface area contributed by atoms with Crippen molar-refractivity contribution in [2.45, 2.75) is 11.8 Å². The van der Waals surface area contributed by atoms with E-state index in [2.05, 4.69) is 31.2 Å². The molecule has 0 aliphatic rings. The van der Waals surface area contributed by atoms with Crippen LogP contribution in [0, 0.1) is 0 Å². The highest BCUT2D eigenvalue weighted by molar-refractivity contribution is 9.10. The van der Waals surface area contributed by atoms with E-state index in [9.17, 15) is 9.00 Å². The Bertz CT molecular complexity index is 715. The maximum atomic E-state index is 11.8. The van der Waals surface area contributed by atoms with Crippen molar-refractivity contribution in [3.8, 4) is 0 Å². The summed E-state index contributed by atoms with van der Waals surface area (Å²) in [5.74, 6) is 0.100. The number of benzene rings is 1. The van der Waals surface area contributed by atoms with Gasteiger partial charge in [-0.1, -0.05) is 41.9 Å². The van der Waals surface area contributed by atoms with Crippen LogP contribution in [0.3, 0.4) is 0 Å². The topological polar surface area (TPSA) is 81.2 Å². The van der Waals surface area contributed by atoms with Gasteiger partial charge < -0.3 is 4.74 Å². The second-order valence-electron chi connectivity index (χ2n) is 4.10. The number of amides is 1. The Morgan fingerprint density at radius 2 is 2.05 bits per heavy atom. The number of nitrogens with zero attached hydrogens (tertiary/aromatic N) is 2. The number of halogens is 2. The molecular formula is C13H11BrClN3O3S. The first-order valence-electron chi connectivity index (χ1n) is 6.01.